The Morgan fingerprint density at radius 3 is 2.54 bits per heavy atom. The number of aliphatic hydroxyl groups is 1. The Labute approximate surface area is 202 Å². The molecular formula is C27H30N4O4. The zero-order valence-corrected chi connectivity index (χ0v) is 20.3. The quantitative estimate of drug-likeness (QED) is 0.465. The predicted octanol–water partition coefficient (Wildman–Crippen LogP) is 2.57. The molecule has 1 saturated heterocycles. The number of carbonyl (C=O) groups excluding carboxylic acids is 1. The summed E-state index contributed by atoms with van der Waals surface area (Å²) in [5.74, 6) is -0.125. The number of nitrogens with zero attached hydrogens (tertiary/aromatic N) is 4. The van der Waals surface area contributed by atoms with Crippen molar-refractivity contribution in [3.05, 3.63) is 80.8 Å². The monoisotopic (exact) mass is 474 g/mol. The number of hydrogen-bond donors (Lipinski definition) is 1. The molecule has 182 valence electrons. The number of fused-ring (bicyclic) bond motifs is 2. The molecule has 8 heteroatoms. The second kappa shape index (κ2) is 8.85. The van der Waals surface area contributed by atoms with Crippen molar-refractivity contribution in [2.75, 3.05) is 13.2 Å². The van der Waals surface area contributed by atoms with Gasteiger partial charge in [0, 0.05) is 32.9 Å². The van der Waals surface area contributed by atoms with E-state index in [1.807, 2.05) is 56.3 Å². The van der Waals surface area contributed by atoms with Crippen LogP contribution in [-0.2, 0) is 20.1 Å². The average molecular weight is 475 g/mol. The van der Waals surface area contributed by atoms with Crippen LogP contribution in [0.5, 0.6) is 0 Å². The van der Waals surface area contributed by atoms with Crippen LogP contribution in [0.2, 0.25) is 0 Å². The molecule has 0 spiro atoms. The summed E-state index contributed by atoms with van der Waals surface area (Å²) >= 11 is 0. The van der Waals surface area contributed by atoms with E-state index in [4.69, 9.17) is 0 Å². The molecule has 0 bridgehead atoms. The van der Waals surface area contributed by atoms with Gasteiger partial charge in [0.05, 0.1) is 23.6 Å². The fraction of sp³-hybridized carbons (Fsp3) is 0.370. The first-order valence-electron chi connectivity index (χ1n) is 12.0. The SMILES string of the molecule is CC(C)Cn1c(=O)n(C)c(=O)c2c(C(=O)N3CC[C@H]3CO)n(Cc3cccc4ccccc34)cc21. The van der Waals surface area contributed by atoms with Crippen LogP contribution in [0.25, 0.3) is 21.7 Å². The molecule has 35 heavy (non-hydrogen) atoms. The summed E-state index contributed by atoms with van der Waals surface area (Å²) in [7, 11) is 1.46. The van der Waals surface area contributed by atoms with E-state index >= 15 is 0 Å². The van der Waals surface area contributed by atoms with Gasteiger partial charge in [0.15, 0.2) is 0 Å². The van der Waals surface area contributed by atoms with E-state index in [1.165, 1.54) is 7.05 Å². The number of carbonyl (C=O) groups is 1. The van der Waals surface area contributed by atoms with E-state index in [-0.39, 0.29) is 35.6 Å². The van der Waals surface area contributed by atoms with Crippen LogP contribution in [0.15, 0.2) is 58.3 Å². The lowest BCUT2D eigenvalue weighted by molar-refractivity contribution is 0.0288. The number of hydrogen-bond acceptors (Lipinski definition) is 4. The molecule has 0 radical (unpaired) electrons. The molecule has 8 nitrogen and oxygen atoms in total. The molecule has 1 fully saturated rings. The number of benzene rings is 2. The number of likely N-dealkylation sites (tertiary alicyclic amines) is 1. The van der Waals surface area contributed by atoms with E-state index in [2.05, 4.69) is 0 Å². The van der Waals surface area contributed by atoms with Gasteiger partial charge in [-0.2, -0.15) is 0 Å². The van der Waals surface area contributed by atoms with Crippen LogP contribution in [0.3, 0.4) is 0 Å². The first-order chi connectivity index (χ1) is 16.8. The molecule has 1 amide bonds. The van der Waals surface area contributed by atoms with Crippen molar-refractivity contribution in [1.82, 2.24) is 18.6 Å². The number of rotatable bonds is 6. The third kappa shape index (κ3) is 3.78. The molecule has 0 saturated carbocycles. The van der Waals surface area contributed by atoms with Gasteiger partial charge in [-0.15, -0.1) is 0 Å². The summed E-state index contributed by atoms with van der Waals surface area (Å²) in [5, 5.41) is 12.1. The lowest BCUT2D eigenvalue weighted by atomic mass is 10.0. The van der Waals surface area contributed by atoms with Crippen molar-refractivity contribution < 1.29 is 9.90 Å². The van der Waals surface area contributed by atoms with E-state index in [0.717, 1.165) is 27.3 Å². The summed E-state index contributed by atoms with van der Waals surface area (Å²) in [6.07, 6.45) is 2.49. The first-order valence-corrected chi connectivity index (χ1v) is 12.0. The van der Waals surface area contributed by atoms with Crippen LogP contribution < -0.4 is 11.2 Å². The van der Waals surface area contributed by atoms with Gasteiger partial charge in [0.25, 0.3) is 11.5 Å². The van der Waals surface area contributed by atoms with Gasteiger partial charge in [0.1, 0.15) is 5.69 Å². The summed E-state index contributed by atoms with van der Waals surface area (Å²) in [6.45, 7) is 5.22. The van der Waals surface area contributed by atoms with E-state index in [9.17, 15) is 19.5 Å². The number of aliphatic hydroxyl groups excluding tert-OH is 1. The summed E-state index contributed by atoms with van der Waals surface area (Å²) in [6, 6.07) is 13.8. The maximum absolute atomic E-state index is 13.8. The fourth-order valence-corrected chi connectivity index (χ4v) is 5.04. The smallest absolute Gasteiger partial charge is 0.331 e. The number of aromatic nitrogens is 3. The Balaban J connectivity index is 1.77. The fourth-order valence-electron chi connectivity index (χ4n) is 5.04. The Kier molecular flexibility index (Phi) is 5.84. The Bertz CT molecular complexity index is 1550. The van der Waals surface area contributed by atoms with Gasteiger partial charge in [0.2, 0.25) is 0 Å². The second-order valence-corrected chi connectivity index (χ2v) is 9.78. The van der Waals surface area contributed by atoms with Crippen LogP contribution >= 0.6 is 0 Å². The lowest BCUT2D eigenvalue weighted by Crippen LogP contribution is -2.53. The molecular weight excluding hydrogens is 444 g/mol. The second-order valence-electron chi connectivity index (χ2n) is 9.78. The van der Waals surface area contributed by atoms with E-state index in [0.29, 0.717) is 25.2 Å². The minimum atomic E-state index is -0.480. The maximum Gasteiger partial charge on any atom is 0.331 e. The highest BCUT2D eigenvalue weighted by atomic mass is 16.3. The van der Waals surface area contributed by atoms with E-state index in [1.54, 1.807) is 20.2 Å². The van der Waals surface area contributed by atoms with Crippen LogP contribution in [0.1, 0.15) is 36.3 Å². The van der Waals surface area contributed by atoms with Crippen molar-refractivity contribution in [3.63, 3.8) is 0 Å². The van der Waals surface area contributed by atoms with E-state index < -0.39 is 11.2 Å². The minimum Gasteiger partial charge on any atom is -0.394 e. The first kappa shape index (κ1) is 23.1. The van der Waals surface area contributed by atoms with Gasteiger partial charge in [-0.1, -0.05) is 56.3 Å². The topological polar surface area (TPSA) is 89.5 Å². The maximum atomic E-state index is 13.8. The molecule has 0 unspecified atom stereocenters. The third-order valence-corrected chi connectivity index (χ3v) is 6.97. The molecule has 1 aliphatic rings. The van der Waals surface area contributed by atoms with Crippen molar-refractivity contribution in [1.29, 1.82) is 0 Å². The minimum absolute atomic E-state index is 0.121. The Morgan fingerprint density at radius 2 is 1.86 bits per heavy atom. The molecule has 4 aromatic rings. The van der Waals surface area contributed by atoms with Crippen LogP contribution in [0.4, 0.5) is 0 Å². The summed E-state index contributed by atoms with van der Waals surface area (Å²) < 4.78 is 4.49. The molecule has 1 N–H and O–H groups in total. The van der Waals surface area contributed by atoms with Crippen molar-refractivity contribution in [3.8, 4) is 0 Å². The largest absolute Gasteiger partial charge is 0.394 e. The third-order valence-electron chi connectivity index (χ3n) is 6.97. The highest BCUT2D eigenvalue weighted by molar-refractivity contribution is 6.06. The summed E-state index contributed by atoms with van der Waals surface area (Å²) in [4.78, 5) is 41.8. The van der Waals surface area contributed by atoms with Crippen LogP contribution in [0, 0.1) is 5.92 Å². The zero-order chi connectivity index (χ0) is 24.9. The molecule has 0 aliphatic carbocycles. The van der Waals surface area contributed by atoms with Gasteiger partial charge in [-0.05, 0) is 28.7 Å². The Morgan fingerprint density at radius 1 is 1.11 bits per heavy atom. The lowest BCUT2D eigenvalue weighted by Gasteiger charge is -2.40. The molecule has 1 atom stereocenters. The zero-order valence-electron chi connectivity index (χ0n) is 20.3. The highest BCUT2D eigenvalue weighted by Crippen LogP contribution is 2.27. The number of amides is 1. The van der Waals surface area contributed by atoms with Crippen molar-refractivity contribution >= 4 is 27.6 Å². The Hall–Kier alpha value is -3.65. The summed E-state index contributed by atoms with van der Waals surface area (Å²) in [5.41, 5.74) is 0.871. The van der Waals surface area contributed by atoms with Gasteiger partial charge >= 0.3 is 5.69 Å². The van der Waals surface area contributed by atoms with Gasteiger partial charge in [-0.25, -0.2) is 4.79 Å². The van der Waals surface area contributed by atoms with Crippen molar-refractivity contribution in [2.45, 2.75) is 39.4 Å². The highest BCUT2D eigenvalue weighted by Gasteiger charge is 2.36. The van der Waals surface area contributed by atoms with Gasteiger partial charge < -0.3 is 14.6 Å². The molecule has 3 heterocycles. The van der Waals surface area contributed by atoms with Gasteiger partial charge in [-0.3, -0.25) is 18.7 Å². The van der Waals surface area contributed by atoms with Crippen LogP contribution in [-0.4, -0.2) is 48.8 Å². The van der Waals surface area contributed by atoms with Crippen molar-refractivity contribution in [2.24, 2.45) is 13.0 Å². The standard InChI is InChI=1S/C27H30N4O4/c1-17(2)13-31-22-15-29(14-19-9-6-8-18-7-4-5-10-21(18)19)24(23(22)25(33)28(3)27(31)35)26(34)30-12-11-20(30)16-32/h4-10,15,17,20,32H,11-14,16H2,1-3H3/t20-/m0/s1. The average Bonchev–Trinajstić information content (AvgIpc) is 3.19. The molecule has 2 aromatic heterocycles. The molecule has 1 aliphatic heterocycles. The molecule has 2 aromatic carbocycles. The predicted molar refractivity (Wildman–Crippen MR) is 136 cm³/mol. The molecule has 5 rings (SSSR count). The normalized spacial score (nSPS) is 15.8.